The Morgan fingerprint density at radius 3 is 2.46 bits per heavy atom. The average Bonchev–Trinajstić information content (AvgIpc) is 2.86. The van der Waals surface area contributed by atoms with Crippen LogP contribution in [0.15, 0.2) is 53.6 Å². The van der Waals surface area contributed by atoms with Crippen LogP contribution in [0.3, 0.4) is 0 Å². The SMILES string of the molecule is N=c1n(CCO)c2ccccc2n1/N=C\c1ccc([N+](=O)[O-])cc1. The van der Waals surface area contributed by atoms with Crippen LogP contribution in [0.25, 0.3) is 11.0 Å². The predicted molar refractivity (Wildman–Crippen MR) is 89.0 cm³/mol. The number of benzene rings is 2. The Labute approximate surface area is 136 Å². The van der Waals surface area contributed by atoms with Gasteiger partial charge in [-0.2, -0.15) is 9.78 Å². The lowest BCUT2D eigenvalue weighted by Gasteiger charge is -1.99. The van der Waals surface area contributed by atoms with Gasteiger partial charge in [-0.15, -0.1) is 0 Å². The molecule has 0 unspecified atom stereocenters. The van der Waals surface area contributed by atoms with Gasteiger partial charge in [0.1, 0.15) is 0 Å². The largest absolute Gasteiger partial charge is 0.395 e. The van der Waals surface area contributed by atoms with Crippen LogP contribution in [0.4, 0.5) is 5.69 Å². The van der Waals surface area contributed by atoms with Crippen molar-refractivity contribution >= 4 is 22.9 Å². The van der Waals surface area contributed by atoms with E-state index in [9.17, 15) is 15.2 Å². The Morgan fingerprint density at radius 2 is 1.83 bits per heavy atom. The van der Waals surface area contributed by atoms with Gasteiger partial charge in [-0.25, -0.2) is 0 Å². The predicted octanol–water partition coefficient (Wildman–Crippen LogP) is 1.70. The van der Waals surface area contributed by atoms with Crippen molar-refractivity contribution < 1.29 is 10.0 Å². The molecule has 2 N–H and O–H groups in total. The lowest BCUT2D eigenvalue weighted by Crippen LogP contribution is -2.23. The number of fused-ring (bicyclic) bond motifs is 1. The summed E-state index contributed by atoms with van der Waals surface area (Å²) in [6.07, 6.45) is 1.54. The van der Waals surface area contributed by atoms with E-state index < -0.39 is 4.92 Å². The first-order chi connectivity index (χ1) is 11.6. The number of para-hydroxylation sites is 2. The van der Waals surface area contributed by atoms with Gasteiger partial charge in [-0.3, -0.25) is 15.5 Å². The van der Waals surface area contributed by atoms with Crippen LogP contribution in [0.5, 0.6) is 0 Å². The fraction of sp³-hybridized carbons (Fsp3) is 0.125. The van der Waals surface area contributed by atoms with Crippen LogP contribution in [0, 0.1) is 15.5 Å². The van der Waals surface area contributed by atoms with Gasteiger partial charge in [0.2, 0.25) is 5.62 Å². The molecule has 24 heavy (non-hydrogen) atoms. The highest BCUT2D eigenvalue weighted by Crippen LogP contribution is 2.13. The third-order valence-corrected chi connectivity index (χ3v) is 3.61. The number of nitrogens with one attached hydrogen (secondary N) is 1. The third kappa shape index (κ3) is 2.82. The second-order valence-corrected chi connectivity index (χ2v) is 5.09. The van der Waals surface area contributed by atoms with E-state index >= 15 is 0 Å². The van der Waals surface area contributed by atoms with Crippen molar-refractivity contribution in [2.45, 2.75) is 6.54 Å². The number of nitro benzene ring substituents is 1. The molecule has 0 aliphatic heterocycles. The molecule has 0 spiro atoms. The number of aliphatic hydroxyl groups is 1. The van der Waals surface area contributed by atoms with Gasteiger partial charge in [0.05, 0.1) is 28.8 Å². The molecule has 0 saturated heterocycles. The minimum atomic E-state index is -0.458. The number of imidazole rings is 1. The molecule has 1 aromatic heterocycles. The normalized spacial score (nSPS) is 11.4. The van der Waals surface area contributed by atoms with Gasteiger partial charge < -0.3 is 9.67 Å². The summed E-state index contributed by atoms with van der Waals surface area (Å²) in [6.45, 7) is 0.232. The number of hydrogen-bond donors (Lipinski definition) is 2. The van der Waals surface area contributed by atoms with Gasteiger partial charge in [-0.1, -0.05) is 12.1 Å². The molecule has 0 fully saturated rings. The van der Waals surface area contributed by atoms with Crippen molar-refractivity contribution in [1.29, 1.82) is 5.41 Å². The molecule has 0 saturated carbocycles. The lowest BCUT2D eigenvalue weighted by atomic mass is 10.2. The first kappa shape index (κ1) is 15.6. The van der Waals surface area contributed by atoms with Gasteiger partial charge in [0.25, 0.3) is 5.69 Å². The summed E-state index contributed by atoms with van der Waals surface area (Å²) in [5.74, 6) is 0. The highest BCUT2D eigenvalue weighted by molar-refractivity contribution is 5.81. The minimum absolute atomic E-state index is 0.0144. The Morgan fingerprint density at radius 1 is 1.17 bits per heavy atom. The molecule has 8 heteroatoms. The zero-order chi connectivity index (χ0) is 17.1. The van der Waals surface area contributed by atoms with Crippen molar-refractivity contribution in [3.8, 4) is 0 Å². The quantitative estimate of drug-likeness (QED) is 0.423. The molecule has 0 radical (unpaired) electrons. The van der Waals surface area contributed by atoms with Crippen molar-refractivity contribution in [3.63, 3.8) is 0 Å². The number of rotatable bonds is 5. The fourth-order valence-electron chi connectivity index (χ4n) is 2.46. The number of aromatic nitrogens is 2. The number of nitro groups is 1. The average molecular weight is 325 g/mol. The zero-order valence-corrected chi connectivity index (χ0v) is 12.7. The van der Waals surface area contributed by atoms with Crippen LogP contribution in [0.1, 0.15) is 5.56 Å². The first-order valence-corrected chi connectivity index (χ1v) is 7.26. The summed E-state index contributed by atoms with van der Waals surface area (Å²) >= 11 is 0. The maximum atomic E-state index is 10.7. The fourth-order valence-corrected chi connectivity index (χ4v) is 2.46. The van der Waals surface area contributed by atoms with E-state index in [1.165, 1.54) is 23.0 Å². The Bertz CT molecular complexity index is 970. The number of nitrogens with zero attached hydrogens (tertiary/aromatic N) is 4. The van der Waals surface area contributed by atoms with Crippen LogP contribution in [0.2, 0.25) is 0 Å². The first-order valence-electron chi connectivity index (χ1n) is 7.26. The summed E-state index contributed by atoms with van der Waals surface area (Å²) in [4.78, 5) is 10.2. The molecule has 2 aromatic carbocycles. The summed E-state index contributed by atoms with van der Waals surface area (Å²) in [5.41, 5.74) is 2.39. The number of non-ortho nitro benzene ring substituents is 1. The van der Waals surface area contributed by atoms with Crippen LogP contribution in [-0.2, 0) is 6.54 Å². The Balaban J connectivity index is 2.02. The highest BCUT2D eigenvalue weighted by Gasteiger charge is 2.09. The van der Waals surface area contributed by atoms with Crippen molar-refractivity contribution in [2.24, 2.45) is 5.10 Å². The summed E-state index contributed by atoms with van der Waals surface area (Å²) in [5, 5.41) is 32.4. The number of hydrogen-bond acceptors (Lipinski definition) is 5. The molecule has 0 amide bonds. The van der Waals surface area contributed by atoms with E-state index in [-0.39, 0.29) is 17.9 Å². The molecule has 0 bridgehead atoms. The maximum Gasteiger partial charge on any atom is 0.269 e. The van der Waals surface area contributed by atoms with Crippen LogP contribution in [-0.4, -0.2) is 32.1 Å². The maximum absolute atomic E-state index is 10.7. The van der Waals surface area contributed by atoms with E-state index in [0.29, 0.717) is 12.1 Å². The molecule has 0 aliphatic carbocycles. The topological polar surface area (TPSA) is 109 Å². The standard InChI is InChI=1S/C16H15N5O3/c17-16-19(9-10-22)14-3-1-2-4-15(14)20(16)18-11-12-5-7-13(8-6-12)21(23)24/h1-8,11,17,22H,9-10H2/b17-16?,18-11-. The molecule has 0 atom stereocenters. The molecular weight excluding hydrogens is 310 g/mol. The molecule has 0 aliphatic rings. The van der Waals surface area contributed by atoms with E-state index in [1.807, 2.05) is 24.3 Å². The van der Waals surface area contributed by atoms with Gasteiger partial charge in [0.15, 0.2) is 0 Å². The second-order valence-electron chi connectivity index (χ2n) is 5.09. The van der Waals surface area contributed by atoms with E-state index in [0.717, 1.165) is 11.0 Å². The zero-order valence-electron chi connectivity index (χ0n) is 12.7. The van der Waals surface area contributed by atoms with Crippen molar-refractivity contribution in [3.05, 3.63) is 69.8 Å². The highest BCUT2D eigenvalue weighted by atomic mass is 16.6. The van der Waals surface area contributed by atoms with Gasteiger partial charge in [-0.05, 0) is 29.8 Å². The molecule has 8 nitrogen and oxygen atoms in total. The van der Waals surface area contributed by atoms with Gasteiger partial charge in [0, 0.05) is 18.7 Å². The van der Waals surface area contributed by atoms with Crippen molar-refractivity contribution in [1.82, 2.24) is 9.24 Å². The monoisotopic (exact) mass is 325 g/mol. The van der Waals surface area contributed by atoms with Crippen LogP contribution >= 0.6 is 0 Å². The Kier molecular flexibility index (Phi) is 4.21. The van der Waals surface area contributed by atoms with Crippen LogP contribution < -0.4 is 5.62 Å². The summed E-state index contributed by atoms with van der Waals surface area (Å²) < 4.78 is 3.13. The molecule has 1 heterocycles. The summed E-state index contributed by atoms with van der Waals surface area (Å²) in [6, 6.07) is 13.4. The van der Waals surface area contributed by atoms with E-state index in [4.69, 9.17) is 5.41 Å². The third-order valence-electron chi connectivity index (χ3n) is 3.61. The second kappa shape index (κ2) is 6.47. The van der Waals surface area contributed by atoms with Gasteiger partial charge >= 0.3 is 0 Å². The van der Waals surface area contributed by atoms with E-state index in [2.05, 4.69) is 5.10 Å². The Hall–Kier alpha value is -3.26. The van der Waals surface area contributed by atoms with E-state index in [1.54, 1.807) is 16.7 Å². The lowest BCUT2D eigenvalue weighted by molar-refractivity contribution is -0.384. The molecule has 3 rings (SSSR count). The smallest absolute Gasteiger partial charge is 0.269 e. The van der Waals surface area contributed by atoms with Crippen molar-refractivity contribution in [2.75, 3.05) is 6.61 Å². The molecule has 3 aromatic rings. The molecular formula is C16H15N5O3. The number of aliphatic hydroxyl groups excluding tert-OH is 1. The molecule has 122 valence electrons. The summed E-state index contributed by atoms with van der Waals surface area (Å²) in [7, 11) is 0. The minimum Gasteiger partial charge on any atom is -0.395 e.